The molecule has 1 saturated heterocycles. The van der Waals surface area contributed by atoms with E-state index in [0.29, 0.717) is 24.8 Å². The van der Waals surface area contributed by atoms with Crippen LogP contribution in [0.5, 0.6) is 5.75 Å². The number of ether oxygens (including phenoxy) is 2. The van der Waals surface area contributed by atoms with E-state index < -0.39 is 0 Å². The van der Waals surface area contributed by atoms with Crippen molar-refractivity contribution in [3.63, 3.8) is 0 Å². The first-order chi connectivity index (χ1) is 13.1. The monoisotopic (exact) mass is 373 g/mol. The molecular formula is C19H24FN5O2. The van der Waals surface area contributed by atoms with E-state index in [0.717, 1.165) is 36.6 Å². The largest absolute Gasteiger partial charge is 0.467 e. The summed E-state index contributed by atoms with van der Waals surface area (Å²) in [6.45, 7) is 2.82. The van der Waals surface area contributed by atoms with Crippen LogP contribution < -0.4 is 10.1 Å². The number of nitrogens with zero attached hydrogens (tertiary/aromatic N) is 4. The fraction of sp³-hybridized carbons (Fsp3) is 0.474. The maximum absolute atomic E-state index is 13.9. The van der Waals surface area contributed by atoms with Gasteiger partial charge in [-0.1, -0.05) is 0 Å². The van der Waals surface area contributed by atoms with E-state index in [1.54, 1.807) is 7.05 Å². The summed E-state index contributed by atoms with van der Waals surface area (Å²) < 4.78 is 26.6. The number of aryl methyl sites for hydroxylation is 1. The number of benzene rings is 1. The fourth-order valence-corrected chi connectivity index (χ4v) is 3.77. The number of likely N-dealkylation sites (tertiary alicyclic amines) is 1. The number of hydrogen-bond acceptors (Lipinski definition) is 4. The number of aromatic nitrogens is 2. The number of halogens is 1. The summed E-state index contributed by atoms with van der Waals surface area (Å²) in [5.74, 6) is 1.68. The quantitative estimate of drug-likeness (QED) is 0.659. The Morgan fingerprint density at radius 1 is 1.44 bits per heavy atom. The van der Waals surface area contributed by atoms with Gasteiger partial charge in [0, 0.05) is 57.0 Å². The summed E-state index contributed by atoms with van der Waals surface area (Å²) in [7, 11) is 3.70. The highest BCUT2D eigenvalue weighted by Gasteiger charge is 2.27. The standard InChI is InChI=1S/C19H24FN5O2/c1-21-19(25-4-3-13(10-25)16-8-23-24(2)9-16)22-7-14-5-17(20)6-15-11-26-12-27-18(14)15/h5-6,8-9,13H,3-4,7,10-12H2,1-2H3,(H,21,22). The molecule has 0 bridgehead atoms. The van der Waals surface area contributed by atoms with Crippen LogP contribution in [-0.4, -0.2) is 47.6 Å². The second-order valence-electron chi connectivity index (χ2n) is 6.94. The molecule has 0 aliphatic carbocycles. The van der Waals surface area contributed by atoms with E-state index in [-0.39, 0.29) is 12.6 Å². The molecule has 1 N–H and O–H groups in total. The highest BCUT2D eigenvalue weighted by molar-refractivity contribution is 5.80. The SMILES string of the molecule is CN=C(NCc1cc(F)cc2c1OCOC2)N1CCC(c2cnn(C)c2)C1. The molecule has 144 valence electrons. The number of nitrogens with one attached hydrogen (secondary N) is 1. The van der Waals surface area contributed by atoms with Gasteiger partial charge in [0.1, 0.15) is 11.6 Å². The van der Waals surface area contributed by atoms with E-state index >= 15 is 0 Å². The zero-order chi connectivity index (χ0) is 18.8. The van der Waals surface area contributed by atoms with Gasteiger partial charge in [-0.15, -0.1) is 0 Å². The molecule has 0 spiro atoms. The van der Waals surface area contributed by atoms with Gasteiger partial charge in [0.2, 0.25) is 0 Å². The molecule has 1 fully saturated rings. The number of hydrogen-bond donors (Lipinski definition) is 1. The van der Waals surface area contributed by atoms with Gasteiger partial charge in [0.05, 0.1) is 12.8 Å². The van der Waals surface area contributed by atoms with Gasteiger partial charge in [-0.05, 0) is 24.1 Å². The molecule has 8 heteroatoms. The molecule has 3 heterocycles. The third-order valence-electron chi connectivity index (χ3n) is 5.08. The Hall–Kier alpha value is -2.61. The lowest BCUT2D eigenvalue weighted by Gasteiger charge is -2.24. The fourth-order valence-electron chi connectivity index (χ4n) is 3.77. The van der Waals surface area contributed by atoms with Gasteiger partial charge in [-0.2, -0.15) is 5.10 Å². The van der Waals surface area contributed by atoms with E-state index in [1.807, 2.05) is 17.9 Å². The molecule has 2 aliphatic rings. The van der Waals surface area contributed by atoms with Gasteiger partial charge in [0.15, 0.2) is 12.8 Å². The molecule has 1 atom stereocenters. The first kappa shape index (κ1) is 17.8. The summed E-state index contributed by atoms with van der Waals surface area (Å²) in [5.41, 5.74) is 2.77. The Balaban J connectivity index is 1.43. The Kier molecular flexibility index (Phi) is 4.98. The highest BCUT2D eigenvalue weighted by atomic mass is 19.1. The zero-order valence-corrected chi connectivity index (χ0v) is 15.6. The topological polar surface area (TPSA) is 63.9 Å². The van der Waals surface area contributed by atoms with Crippen molar-refractivity contribution in [3.05, 3.63) is 47.0 Å². The Labute approximate surface area is 157 Å². The van der Waals surface area contributed by atoms with Gasteiger partial charge in [-0.3, -0.25) is 9.67 Å². The lowest BCUT2D eigenvalue weighted by molar-refractivity contribution is -0.0173. The van der Waals surface area contributed by atoms with Crippen molar-refractivity contribution in [1.82, 2.24) is 20.0 Å². The molecule has 2 aliphatic heterocycles. The number of rotatable bonds is 3. The van der Waals surface area contributed by atoms with Crippen molar-refractivity contribution >= 4 is 5.96 Å². The molecule has 0 saturated carbocycles. The summed E-state index contributed by atoms with van der Waals surface area (Å²) in [4.78, 5) is 6.63. The minimum atomic E-state index is -0.285. The van der Waals surface area contributed by atoms with Crippen LogP contribution in [0.4, 0.5) is 4.39 Å². The van der Waals surface area contributed by atoms with Gasteiger partial charge in [-0.25, -0.2) is 4.39 Å². The van der Waals surface area contributed by atoms with Crippen LogP contribution >= 0.6 is 0 Å². The molecule has 1 unspecified atom stereocenters. The molecule has 0 radical (unpaired) electrons. The molecule has 2 aromatic rings. The number of fused-ring (bicyclic) bond motifs is 1. The summed E-state index contributed by atoms with van der Waals surface area (Å²) in [6, 6.07) is 2.97. The Morgan fingerprint density at radius 3 is 3.11 bits per heavy atom. The molecule has 27 heavy (non-hydrogen) atoms. The average molecular weight is 373 g/mol. The van der Waals surface area contributed by atoms with Crippen molar-refractivity contribution in [2.45, 2.75) is 25.5 Å². The predicted octanol–water partition coefficient (Wildman–Crippen LogP) is 1.99. The average Bonchev–Trinajstić information content (AvgIpc) is 3.31. The lowest BCUT2D eigenvalue weighted by Crippen LogP contribution is -2.39. The van der Waals surface area contributed by atoms with Crippen LogP contribution in [0.1, 0.15) is 29.0 Å². The van der Waals surface area contributed by atoms with E-state index in [9.17, 15) is 4.39 Å². The molecule has 4 rings (SSSR count). The van der Waals surface area contributed by atoms with Crippen molar-refractivity contribution in [2.24, 2.45) is 12.0 Å². The first-order valence-corrected chi connectivity index (χ1v) is 9.10. The zero-order valence-electron chi connectivity index (χ0n) is 15.6. The molecule has 1 aromatic heterocycles. The Morgan fingerprint density at radius 2 is 2.33 bits per heavy atom. The minimum Gasteiger partial charge on any atom is -0.467 e. The lowest BCUT2D eigenvalue weighted by atomic mass is 10.0. The first-order valence-electron chi connectivity index (χ1n) is 9.10. The second kappa shape index (κ2) is 7.56. The maximum atomic E-state index is 13.9. The number of guanidine groups is 1. The molecule has 0 amide bonds. The smallest absolute Gasteiger partial charge is 0.193 e. The highest BCUT2D eigenvalue weighted by Crippen LogP contribution is 2.30. The van der Waals surface area contributed by atoms with Crippen LogP contribution in [0.25, 0.3) is 0 Å². The van der Waals surface area contributed by atoms with Gasteiger partial charge in [0.25, 0.3) is 0 Å². The van der Waals surface area contributed by atoms with Crippen LogP contribution in [0.2, 0.25) is 0 Å². The van der Waals surface area contributed by atoms with Crippen LogP contribution in [0, 0.1) is 5.82 Å². The van der Waals surface area contributed by atoms with Crippen LogP contribution in [0.3, 0.4) is 0 Å². The summed E-state index contributed by atoms with van der Waals surface area (Å²) >= 11 is 0. The third-order valence-corrected chi connectivity index (χ3v) is 5.08. The minimum absolute atomic E-state index is 0.194. The van der Waals surface area contributed by atoms with E-state index in [4.69, 9.17) is 9.47 Å². The maximum Gasteiger partial charge on any atom is 0.193 e. The van der Waals surface area contributed by atoms with Crippen molar-refractivity contribution in [2.75, 3.05) is 26.9 Å². The van der Waals surface area contributed by atoms with Crippen LogP contribution in [-0.2, 0) is 24.9 Å². The second-order valence-corrected chi connectivity index (χ2v) is 6.94. The summed E-state index contributed by atoms with van der Waals surface area (Å²) in [5, 5.41) is 7.62. The van der Waals surface area contributed by atoms with Gasteiger partial charge >= 0.3 is 0 Å². The van der Waals surface area contributed by atoms with Crippen molar-refractivity contribution in [3.8, 4) is 5.75 Å². The predicted molar refractivity (Wildman–Crippen MR) is 99.0 cm³/mol. The van der Waals surface area contributed by atoms with Crippen molar-refractivity contribution in [1.29, 1.82) is 0 Å². The molecule has 1 aromatic carbocycles. The molecule has 7 nitrogen and oxygen atoms in total. The normalized spacial score (nSPS) is 19.7. The van der Waals surface area contributed by atoms with E-state index in [1.165, 1.54) is 17.7 Å². The Bertz CT molecular complexity index is 851. The van der Waals surface area contributed by atoms with Crippen molar-refractivity contribution < 1.29 is 13.9 Å². The molecular weight excluding hydrogens is 349 g/mol. The van der Waals surface area contributed by atoms with Crippen LogP contribution in [0.15, 0.2) is 29.5 Å². The third kappa shape index (κ3) is 3.75. The number of aliphatic imine (C=N–C) groups is 1. The van der Waals surface area contributed by atoms with Gasteiger partial charge < -0.3 is 19.7 Å². The van der Waals surface area contributed by atoms with E-state index in [2.05, 4.69) is 26.5 Å². The summed E-state index contributed by atoms with van der Waals surface area (Å²) in [6.07, 6.45) is 5.06.